The van der Waals surface area contributed by atoms with Gasteiger partial charge in [-0.25, -0.2) is 9.97 Å². The van der Waals surface area contributed by atoms with Crippen LogP contribution < -0.4 is 10.6 Å². The van der Waals surface area contributed by atoms with Gasteiger partial charge in [0.25, 0.3) is 11.8 Å². The standard InChI is InChI=1S/C22H21N7O2S/c1-13-4-5-16-15(11-25-28-16)19(13)27-20(30)17-12-24-22(32-17)26-18-10-14(6-7-23-18)21(31)29-8-2-3-9-29/h4-7,10-12H,2-3,8-9H2,1H3,(H,25,28)(H,27,30)(H,23,24,26). The minimum atomic E-state index is -0.252. The van der Waals surface area contributed by atoms with Gasteiger partial charge in [-0.2, -0.15) is 5.10 Å². The molecule has 0 radical (unpaired) electrons. The molecule has 2 amide bonds. The van der Waals surface area contributed by atoms with Gasteiger partial charge < -0.3 is 15.5 Å². The molecule has 0 saturated carbocycles. The molecule has 5 rings (SSSR count). The molecule has 32 heavy (non-hydrogen) atoms. The highest BCUT2D eigenvalue weighted by Crippen LogP contribution is 2.28. The summed E-state index contributed by atoms with van der Waals surface area (Å²) in [5, 5.41) is 14.4. The third-order valence-electron chi connectivity index (χ3n) is 5.44. The molecular weight excluding hydrogens is 426 g/mol. The lowest BCUT2D eigenvalue weighted by molar-refractivity contribution is 0.0792. The van der Waals surface area contributed by atoms with Gasteiger partial charge in [-0.1, -0.05) is 17.4 Å². The molecule has 3 N–H and O–H groups in total. The largest absolute Gasteiger partial charge is 0.339 e. The minimum Gasteiger partial charge on any atom is -0.339 e. The Hall–Kier alpha value is -3.79. The predicted octanol–water partition coefficient (Wildman–Crippen LogP) is 3.95. The van der Waals surface area contributed by atoms with E-state index in [1.54, 1.807) is 24.5 Å². The Balaban J connectivity index is 1.30. The van der Waals surface area contributed by atoms with Gasteiger partial charge in [0.1, 0.15) is 10.7 Å². The van der Waals surface area contributed by atoms with E-state index in [9.17, 15) is 9.59 Å². The van der Waals surface area contributed by atoms with Gasteiger partial charge in [0.2, 0.25) is 0 Å². The summed E-state index contributed by atoms with van der Waals surface area (Å²) in [4.78, 5) is 36.3. The molecule has 0 atom stereocenters. The second-order valence-electron chi connectivity index (χ2n) is 7.63. The van der Waals surface area contributed by atoms with Crippen LogP contribution in [0, 0.1) is 6.92 Å². The van der Waals surface area contributed by atoms with Crippen LogP contribution in [-0.4, -0.2) is 50.0 Å². The quantitative estimate of drug-likeness (QED) is 0.427. The molecule has 0 unspecified atom stereocenters. The molecule has 10 heteroatoms. The molecule has 4 aromatic rings. The van der Waals surface area contributed by atoms with E-state index in [1.807, 2.05) is 24.0 Å². The molecule has 9 nitrogen and oxygen atoms in total. The lowest BCUT2D eigenvalue weighted by atomic mass is 10.1. The Morgan fingerprint density at radius 2 is 1.97 bits per heavy atom. The van der Waals surface area contributed by atoms with Crippen LogP contribution in [0.3, 0.4) is 0 Å². The summed E-state index contributed by atoms with van der Waals surface area (Å²) < 4.78 is 0. The van der Waals surface area contributed by atoms with E-state index < -0.39 is 0 Å². The highest BCUT2D eigenvalue weighted by Gasteiger charge is 2.20. The first kappa shape index (κ1) is 20.1. The lowest BCUT2D eigenvalue weighted by Crippen LogP contribution is -2.27. The number of anilines is 3. The maximum Gasteiger partial charge on any atom is 0.267 e. The average molecular weight is 448 g/mol. The normalized spacial score (nSPS) is 13.5. The molecule has 1 aliphatic heterocycles. The number of nitrogens with one attached hydrogen (secondary N) is 3. The van der Waals surface area contributed by atoms with Crippen LogP contribution in [-0.2, 0) is 0 Å². The molecule has 3 aromatic heterocycles. The van der Waals surface area contributed by atoms with E-state index in [2.05, 4.69) is 30.8 Å². The van der Waals surface area contributed by atoms with Crippen molar-refractivity contribution in [1.29, 1.82) is 0 Å². The number of amides is 2. The monoisotopic (exact) mass is 447 g/mol. The number of aromatic nitrogens is 4. The number of likely N-dealkylation sites (tertiary alicyclic amines) is 1. The molecule has 1 saturated heterocycles. The number of carbonyl (C=O) groups excluding carboxylic acids is 2. The topological polar surface area (TPSA) is 116 Å². The second kappa shape index (κ2) is 8.39. The van der Waals surface area contributed by atoms with E-state index in [1.165, 1.54) is 17.5 Å². The maximum atomic E-state index is 12.8. The number of benzene rings is 1. The van der Waals surface area contributed by atoms with Crippen LogP contribution in [0.25, 0.3) is 10.9 Å². The van der Waals surface area contributed by atoms with Gasteiger partial charge in [-0.3, -0.25) is 14.7 Å². The van der Waals surface area contributed by atoms with Crippen LogP contribution in [0.1, 0.15) is 38.4 Å². The number of pyridine rings is 1. The lowest BCUT2D eigenvalue weighted by Gasteiger charge is -2.15. The first-order valence-corrected chi connectivity index (χ1v) is 11.1. The summed E-state index contributed by atoms with van der Waals surface area (Å²) in [7, 11) is 0. The molecule has 0 bridgehead atoms. The van der Waals surface area contributed by atoms with E-state index in [4.69, 9.17) is 0 Å². The molecule has 162 valence electrons. The molecule has 1 aromatic carbocycles. The maximum absolute atomic E-state index is 12.8. The van der Waals surface area contributed by atoms with E-state index in [0.29, 0.717) is 21.4 Å². The Morgan fingerprint density at radius 3 is 2.81 bits per heavy atom. The Morgan fingerprint density at radius 1 is 1.12 bits per heavy atom. The highest BCUT2D eigenvalue weighted by atomic mass is 32.1. The number of hydrogen-bond acceptors (Lipinski definition) is 7. The summed E-state index contributed by atoms with van der Waals surface area (Å²) >= 11 is 1.21. The van der Waals surface area contributed by atoms with Crippen LogP contribution >= 0.6 is 11.3 Å². The third kappa shape index (κ3) is 3.92. The van der Waals surface area contributed by atoms with Crippen LogP contribution in [0.15, 0.2) is 42.9 Å². The van der Waals surface area contributed by atoms with Crippen molar-refractivity contribution in [2.45, 2.75) is 19.8 Å². The van der Waals surface area contributed by atoms with Crippen molar-refractivity contribution in [3.63, 3.8) is 0 Å². The smallest absolute Gasteiger partial charge is 0.267 e. The van der Waals surface area contributed by atoms with Gasteiger partial charge >= 0.3 is 0 Å². The average Bonchev–Trinajstić information content (AvgIpc) is 3.57. The highest BCUT2D eigenvalue weighted by molar-refractivity contribution is 7.17. The third-order valence-corrected chi connectivity index (χ3v) is 6.35. The number of aromatic amines is 1. The Bertz CT molecular complexity index is 1310. The van der Waals surface area contributed by atoms with E-state index in [-0.39, 0.29) is 11.8 Å². The minimum absolute atomic E-state index is 0.0101. The predicted molar refractivity (Wildman–Crippen MR) is 124 cm³/mol. The number of aryl methyl sites for hydroxylation is 1. The van der Waals surface area contributed by atoms with Gasteiger partial charge in [-0.15, -0.1) is 0 Å². The van der Waals surface area contributed by atoms with Crippen molar-refractivity contribution >= 4 is 50.7 Å². The summed E-state index contributed by atoms with van der Waals surface area (Å²) in [6.07, 6.45) is 6.90. The number of carbonyl (C=O) groups is 2. The summed E-state index contributed by atoms with van der Waals surface area (Å²) in [5.74, 6) is 0.268. The van der Waals surface area contributed by atoms with Crippen molar-refractivity contribution in [3.8, 4) is 0 Å². The number of fused-ring (bicyclic) bond motifs is 1. The fraction of sp³-hybridized carbons (Fsp3) is 0.227. The number of H-pyrrole nitrogens is 1. The molecule has 1 aliphatic rings. The fourth-order valence-electron chi connectivity index (χ4n) is 3.75. The number of rotatable bonds is 5. The second-order valence-corrected chi connectivity index (χ2v) is 8.66. The zero-order valence-corrected chi connectivity index (χ0v) is 18.2. The van der Waals surface area contributed by atoms with Crippen LogP contribution in [0.5, 0.6) is 0 Å². The first-order chi connectivity index (χ1) is 15.6. The summed E-state index contributed by atoms with van der Waals surface area (Å²) in [6, 6.07) is 7.28. The summed E-state index contributed by atoms with van der Waals surface area (Å²) in [5.41, 5.74) is 3.10. The Labute approximate surface area is 187 Å². The van der Waals surface area contributed by atoms with Gasteiger partial charge in [0.15, 0.2) is 5.13 Å². The van der Waals surface area contributed by atoms with Crippen LogP contribution in [0.2, 0.25) is 0 Å². The number of hydrogen-bond donors (Lipinski definition) is 3. The van der Waals surface area contributed by atoms with Gasteiger partial charge in [0.05, 0.1) is 23.6 Å². The fourth-order valence-corrected chi connectivity index (χ4v) is 4.47. The molecule has 0 spiro atoms. The Kier molecular flexibility index (Phi) is 5.28. The van der Waals surface area contributed by atoms with Crippen molar-refractivity contribution in [1.82, 2.24) is 25.1 Å². The van der Waals surface area contributed by atoms with Crippen molar-refractivity contribution in [3.05, 3.63) is 58.9 Å². The summed E-state index contributed by atoms with van der Waals surface area (Å²) in [6.45, 7) is 3.52. The van der Waals surface area contributed by atoms with Crippen molar-refractivity contribution in [2.24, 2.45) is 0 Å². The van der Waals surface area contributed by atoms with Gasteiger partial charge in [-0.05, 0) is 43.5 Å². The van der Waals surface area contributed by atoms with E-state index in [0.717, 1.165) is 48.1 Å². The number of nitrogens with zero attached hydrogens (tertiary/aromatic N) is 4. The molecule has 4 heterocycles. The van der Waals surface area contributed by atoms with Crippen molar-refractivity contribution < 1.29 is 9.59 Å². The zero-order valence-electron chi connectivity index (χ0n) is 17.4. The zero-order chi connectivity index (χ0) is 22.1. The molecule has 0 aliphatic carbocycles. The van der Waals surface area contributed by atoms with Crippen molar-refractivity contribution in [2.75, 3.05) is 23.7 Å². The molecular formula is C22H21N7O2S. The molecule has 1 fully saturated rings. The van der Waals surface area contributed by atoms with Crippen LogP contribution in [0.4, 0.5) is 16.6 Å². The van der Waals surface area contributed by atoms with E-state index >= 15 is 0 Å². The van der Waals surface area contributed by atoms with Gasteiger partial charge in [0, 0.05) is 30.2 Å². The SMILES string of the molecule is Cc1ccc2[nH]ncc2c1NC(=O)c1cnc(Nc2cc(C(=O)N3CCCC3)ccn2)s1. The first-order valence-electron chi connectivity index (χ1n) is 10.3. The number of thiazole rings is 1.